The van der Waals surface area contributed by atoms with Crippen LogP contribution in [0.4, 0.5) is 0 Å². The van der Waals surface area contributed by atoms with Crippen LogP contribution in [0.15, 0.2) is 60.8 Å². The zero-order valence-corrected chi connectivity index (χ0v) is 14.1. The minimum atomic E-state index is -0.416. The fourth-order valence-electron chi connectivity index (χ4n) is 3.09. The lowest BCUT2D eigenvalue weighted by Gasteiger charge is -2.28. The summed E-state index contributed by atoms with van der Waals surface area (Å²) in [6.45, 7) is 0. The molecule has 128 valence electrons. The SMILES string of the molecule is CN(C(=O)c1cccc2[nH]ccc12)C(CC(N)=O)Cc1ccccc1. The summed E-state index contributed by atoms with van der Waals surface area (Å²) in [4.78, 5) is 29.3. The lowest BCUT2D eigenvalue weighted by Crippen LogP contribution is -2.41. The maximum atomic E-state index is 13.0. The average molecular weight is 335 g/mol. The third kappa shape index (κ3) is 3.71. The quantitative estimate of drug-likeness (QED) is 0.726. The van der Waals surface area contributed by atoms with E-state index in [0.29, 0.717) is 12.0 Å². The Morgan fingerprint density at radius 2 is 1.84 bits per heavy atom. The van der Waals surface area contributed by atoms with Crippen LogP contribution < -0.4 is 5.73 Å². The summed E-state index contributed by atoms with van der Waals surface area (Å²) in [5, 5.41) is 0.872. The molecule has 5 heteroatoms. The third-order valence-electron chi connectivity index (χ3n) is 4.44. The number of aromatic amines is 1. The minimum Gasteiger partial charge on any atom is -0.370 e. The molecular weight excluding hydrogens is 314 g/mol. The third-order valence-corrected chi connectivity index (χ3v) is 4.44. The fraction of sp³-hybridized carbons (Fsp3) is 0.200. The molecule has 0 aliphatic rings. The Hall–Kier alpha value is -3.08. The lowest BCUT2D eigenvalue weighted by molar-refractivity contribution is -0.118. The molecule has 3 rings (SSSR count). The number of nitrogens with zero attached hydrogens (tertiary/aromatic N) is 1. The number of amides is 2. The molecule has 1 heterocycles. The van der Waals surface area contributed by atoms with E-state index in [1.54, 1.807) is 18.0 Å². The maximum Gasteiger partial charge on any atom is 0.254 e. The van der Waals surface area contributed by atoms with E-state index in [9.17, 15) is 9.59 Å². The smallest absolute Gasteiger partial charge is 0.254 e. The number of carbonyl (C=O) groups excluding carboxylic acids is 2. The van der Waals surface area contributed by atoms with Gasteiger partial charge in [-0.25, -0.2) is 0 Å². The number of benzene rings is 2. The van der Waals surface area contributed by atoms with Gasteiger partial charge >= 0.3 is 0 Å². The molecular formula is C20H21N3O2. The Morgan fingerprint density at radius 1 is 1.08 bits per heavy atom. The van der Waals surface area contributed by atoms with Gasteiger partial charge in [-0.1, -0.05) is 36.4 Å². The molecule has 0 bridgehead atoms. The Bertz CT molecular complexity index is 886. The highest BCUT2D eigenvalue weighted by Gasteiger charge is 2.24. The fourth-order valence-corrected chi connectivity index (χ4v) is 3.09. The Balaban J connectivity index is 1.88. The van der Waals surface area contributed by atoms with E-state index >= 15 is 0 Å². The number of nitrogens with two attached hydrogens (primary N) is 1. The highest BCUT2D eigenvalue weighted by atomic mass is 16.2. The van der Waals surface area contributed by atoms with Crippen LogP contribution in [-0.4, -0.2) is 34.8 Å². The van der Waals surface area contributed by atoms with Gasteiger partial charge in [-0.15, -0.1) is 0 Å². The van der Waals surface area contributed by atoms with Gasteiger partial charge in [0.15, 0.2) is 0 Å². The van der Waals surface area contributed by atoms with Crippen molar-refractivity contribution in [1.82, 2.24) is 9.88 Å². The lowest BCUT2D eigenvalue weighted by atomic mass is 10.0. The molecule has 1 unspecified atom stereocenters. The normalized spacial score (nSPS) is 12.0. The molecule has 2 aromatic carbocycles. The molecule has 0 aliphatic heterocycles. The first-order chi connectivity index (χ1) is 12.1. The van der Waals surface area contributed by atoms with Gasteiger partial charge in [0, 0.05) is 42.2 Å². The molecule has 0 radical (unpaired) electrons. The highest BCUT2D eigenvalue weighted by Crippen LogP contribution is 2.21. The number of carbonyl (C=O) groups is 2. The first-order valence-electron chi connectivity index (χ1n) is 8.21. The molecule has 5 nitrogen and oxygen atoms in total. The Labute approximate surface area is 146 Å². The standard InChI is InChI=1S/C20H21N3O2/c1-23(15(13-19(21)24)12-14-6-3-2-4-7-14)20(25)17-8-5-9-18-16(17)10-11-22-18/h2-11,15,22H,12-13H2,1H3,(H2,21,24). The van der Waals surface area contributed by atoms with Crippen LogP contribution in [0, 0.1) is 0 Å². The van der Waals surface area contributed by atoms with Crippen LogP contribution >= 0.6 is 0 Å². The highest BCUT2D eigenvalue weighted by molar-refractivity contribution is 6.06. The van der Waals surface area contributed by atoms with Gasteiger partial charge in [-0.3, -0.25) is 9.59 Å². The second kappa shape index (κ2) is 7.21. The van der Waals surface area contributed by atoms with Crippen LogP contribution in [0.1, 0.15) is 22.3 Å². The summed E-state index contributed by atoms with van der Waals surface area (Å²) in [7, 11) is 1.73. The number of nitrogens with one attached hydrogen (secondary N) is 1. The number of primary amides is 1. The number of fused-ring (bicyclic) bond motifs is 1. The van der Waals surface area contributed by atoms with Crippen molar-refractivity contribution in [2.75, 3.05) is 7.05 Å². The molecule has 0 saturated carbocycles. The Morgan fingerprint density at radius 3 is 2.56 bits per heavy atom. The molecule has 0 spiro atoms. The van der Waals surface area contributed by atoms with Crippen LogP contribution in [0.5, 0.6) is 0 Å². The number of rotatable bonds is 6. The molecule has 1 aromatic heterocycles. The van der Waals surface area contributed by atoms with Gasteiger partial charge in [0.1, 0.15) is 0 Å². The van der Waals surface area contributed by atoms with Crippen LogP contribution in [0.3, 0.4) is 0 Å². The van der Waals surface area contributed by atoms with Crippen molar-refractivity contribution in [3.8, 4) is 0 Å². The summed E-state index contributed by atoms with van der Waals surface area (Å²) in [5.41, 5.74) is 8.00. The summed E-state index contributed by atoms with van der Waals surface area (Å²) in [6.07, 6.45) is 2.52. The van der Waals surface area contributed by atoms with Crippen LogP contribution in [-0.2, 0) is 11.2 Å². The molecule has 0 aliphatic carbocycles. The van der Waals surface area contributed by atoms with Gasteiger partial charge in [-0.2, -0.15) is 0 Å². The van der Waals surface area contributed by atoms with Crippen LogP contribution in [0.2, 0.25) is 0 Å². The number of hydrogen-bond acceptors (Lipinski definition) is 2. The minimum absolute atomic E-state index is 0.118. The average Bonchev–Trinajstić information content (AvgIpc) is 3.09. The van der Waals surface area contributed by atoms with E-state index < -0.39 is 5.91 Å². The first kappa shape index (κ1) is 16.8. The van der Waals surface area contributed by atoms with E-state index in [0.717, 1.165) is 16.5 Å². The number of likely N-dealkylation sites (N-methyl/N-ethyl adjacent to an activating group) is 1. The Kier molecular flexibility index (Phi) is 4.84. The second-order valence-electron chi connectivity index (χ2n) is 6.17. The second-order valence-corrected chi connectivity index (χ2v) is 6.17. The van der Waals surface area contributed by atoms with Crippen molar-refractivity contribution in [2.45, 2.75) is 18.9 Å². The topological polar surface area (TPSA) is 79.2 Å². The van der Waals surface area contributed by atoms with Crippen LogP contribution in [0.25, 0.3) is 10.9 Å². The zero-order chi connectivity index (χ0) is 17.8. The summed E-state index contributed by atoms with van der Waals surface area (Å²) in [6, 6.07) is 17.0. The first-order valence-corrected chi connectivity index (χ1v) is 8.21. The summed E-state index contributed by atoms with van der Waals surface area (Å²) < 4.78 is 0. The van der Waals surface area contributed by atoms with E-state index in [1.165, 1.54) is 0 Å². The van der Waals surface area contributed by atoms with Crippen molar-refractivity contribution >= 4 is 22.7 Å². The van der Waals surface area contributed by atoms with Crippen molar-refractivity contribution in [3.05, 3.63) is 71.9 Å². The van der Waals surface area contributed by atoms with Crippen molar-refractivity contribution in [2.24, 2.45) is 5.73 Å². The summed E-state index contributed by atoms with van der Waals surface area (Å²) in [5.74, 6) is -0.534. The van der Waals surface area contributed by atoms with Gasteiger partial charge in [-0.05, 0) is 30.2 Å². The monoisotopic (exact) mass is 335 g/mol. The van der Waals surface area contributed by atoms with Crippen molar-refractivity contribution in [3.63, 3.8) is 0 Å². The van der Waals surface area contributed by atoms with E-state index in [2.05, 4.69) is 4.98 Å². The molecule has 3 N–H and O–H groups in total. The predicted octanol–water partition coefficient (Wildman–Crippen LogP) is 2.73. The molecule has 1 atom stereocenters. The molecule has 3 aromatic rings. The van der Waals surface area contributed by atoms with Gasteiger partial charge in [0.2, 0.25) is 5.91 Å². The van der Waals surface area contributed by atoms with Gasteiger partial charge in [0.05, 0.1) is 0 Å². The molecule has 0 fully saturated rings. The number of aromatic nitrogens is 1. The number of hydrogen-bond donors (Lipinski definition) is 2. The van der Waals surface area contributed by atoms with Crippen molar-refractivity contribution < 1.29 is 9.59 Å². The van der Waals surface area contributed by atoms with Crippen molar-refractivity contribution in [1.29, 1.82) is 0 Å². The van der Waals surface area contributed by atoms with E-state index in [4.69, 9.17) is 5.73 Å². The molecule has 25 heavy (non-hydrogen) atoms. The van der Waals surface area contributed by atoms with E-state index in [1.807, 2.05) is 54.7 Å². The predicted molar refractivity (Wildman–Crippen MR) is 98.1 cm³/mol. The van der Waals surface area contributed by atoms with Gasteiger partial charge < -0.3 is 15.6 Å². The molecule has 0 saturated heterocycles. The van der Waals surface area contributed by atoms with E-state index in [-0.39, 0.29) is 18.4 Å². The maximum absolute atomic E-state index is 13.0. The number of H-pyrrole nitrogens is 1. The van der Waals surface area contributed by atoms with Gasteiger partial charge in [0.25, 0.3) is 5.91 Å². The summed E-state index contributed by atoms with van der Waals surface area (Å²) >= 11 is 0. The molecule has 2 amide bonds. The zero-order valence-electron chi connectivity index (χ0n) is 14.1. The largest absolute Gasteiger partial charge is 0.370 e.